The summed E-state index contributed by atoms with van der Waals surface area (Å²) < 4.78 is 0. The van der Waals surface area contributed by atoms with Gasteiger partial charge in [-0.05, 0) is 51.4 Å². The molecule has 1 heterocycles. The molecule has 1 aromatic rings. The Bertz CT molecular complexity index is 400. The van der Waals surface area contributed by atoms with E-state index in [9.17, 15) is 0 Å². The minimum Gasteiger partial charge on any atom is -0.374 e. The second kappa shape index (κ2) is 7.20. The normalized spacial score (nSPS) is 16.6. The zero-order chi connectivity index (χ0) is 13.7. The van der Waals surface area contributed by atoms with Gasteiger partial charge in [-0.3, -0.25) is 0 Å². The molecule has 0 atom stereocenters. The minimum absolute atomic E-state index is 0.869. The van der Waals surface area contributed by atoms with Crippen molar-refractivity contribution in [1.29, 1.82) is 0 Å². The van der Waals surface area contributed by atoms with Gasteiger partial charge in [0, 0.05) is 30.3 Å². The van der Waals surface area contributed by atoms with Gasteiger partial charge < -0.3 is 10.2 Å². The molecule has 19 heavy (non-hydrogen) atoms. The fourth-order valence-electron chi connectivity index (χ4n) is 2.67. The van der Waals surface area contributed by atoms with Crippen molar-refractivity contribution in [3.05, 3.63) is 29.3 Å². The van der Waals surface area contributed by atoms with Crippen molar-refractivity contribution in [2.75, 3.05) is 37.3 Å². The summed E-state index contributed by atoms with van der Waals surface area (Å²) in [6.45, 7) is 7.90. The number of rotatable bonds is 5. The summed E-state index contributed by atoms with van der Waals surface area (Å²) in [5.41, 5.74) is 4.10. The summed E-state index contributed by atoms with van der Waals surface area (Å²) in [4.78, 5) is 2.39. The van der Waals surface area contributed by atoms with E-state index in [0.717, 1.165) is 11.8 Å². The van der Waals surface area contributed by atoms with E-state index in [2.05, 4.69) is 61.1 Å². The molecule has 1 aromatic carbocycles. The minimum atomic E-state index is 0.869. The third-order valence-electron chi connectivity index (χ3n) is 3.83. The van der Waals surface area contributed by atoms with Gasteiger partial charge in [0.1, 0.15) is 0 Å². The Morgan fingerprint density at radius 3 is 2.68 bits per heavy atom. The number of hydrogen-bond acceptors (Lipinski definition) is 3. The van der Waals surface area contributed by atoms with E-state index in [1.807, 2.05) is 0 Å². The molecule has 2 rings (SSSR count). The average molecular weight is 278 g/mol. The van der Waals surface area contributed by atoms with Gasteiger partial charge in [0.2, 0.25) is 0 Å². The van der Waals surface area contributed by atoms with Crippen molar-refractivity contribution in [1.82, 2.24) is 5.32 Å². The number of anilines is 1. The van der Waals surface area contributed by atoms with Gasteiger partial charge >= 0.3 is 0 Å². The molecule has 0 radical (unpaired) electrons. The van der Waals surface area contributed by atoms with Crippen LogP contribution in [0.3, 0.4) is 0 Å². The van der Waals surface area contributed by atoms with Crippen molar-refractivity contribution in [3.63, 3.8) is 0 Å². The molecular weight excluding hydrogens is 252 g/mol. The van der Waals surface area contributed by atoms with E-state index >= 15 is 0 Å². The van der Waals surface area contributed by atoms with E-state index in [0.29, 0.717) is 0 Å². The van der Waals surface area contributed by atoms with Crippen LogP contribution in [0.15, 0.2) is 18.2 Å². The highest BCUT2D eigenvalue weighted by molar-refractivity contribution is 7.99. The molecule has 1 aliphatic rings. The molecule has 1 fully saturated rings. The third-order valence-corrected chi connectivity index (χ3v) is 5.19. The Labute approximate surface area is 122 Å². The standard InChI is InChI=1S/C16H26N2S/c1-13-4-5-16(14(2)12-13)18(3)10-11-19-15-6-8-17-9-7-15/h4-5,12,15,17H,6-11H2,1-3H3. The Balaban J connectivity index is 1.78. The van der Waals surface area contributed by atoms with Crippen molar-refractivity contribution >= 4 is 17.4 Å². The van der Waals surface area contributed by atoms with Crippen molar-refractivity contribution in [2.45, 2.75) is 31.9 Å². The number of aryl methyl sites for hydroxylation is 2. The maximum atomic E-state index is 3.43. The Kier molecular flexibility index (Phi) is 5.59. The highest BCUT2D eigenvalue weighted by atomic mass is 32.2. The van der Waals surface area contributed by atoms with Gasteiger partial charge in [-0.15, -0.1) is 0 Å². The fraction of sp³-hybridized carbons (Fsp3) is 0.625. The third kappa shape index (κ3) is 4.43. The molecule has 1 saturated heterocycles. The molecule has 0 spiro atoms. The molecule has 106 valence electrons. The van der Waals surface area contributed by atoms with Gasteiger partial charge in [-0.2, -0.15) is 11.8 Å². The van der Waals surface area contributed by atoms with E-state index < -0.39 is 0 Å². The molecule has 0 saturated carbocycles. The van der Waals surface area contributed by atoms with Crippen molar-refractivity contribution < 1.29 is 0 Å². The molecule has 1 aliphatic heterocycles. The predicted molar refractivity (Wildman–Crippen MR) is 87.5 cm³/mol. The number of nitrogens with one attached hydrogen (secondary N) is 1. The van der Waals surface area contributed by atoms with Crippen LogP contribution in [0.5, 0.6) is 0 Å². The zero-order valence-corrected chi connectivity index (χ0v) is 13.2. The Hall–Kier alpha value is -0.670. The van der Waals surface area contributed by atoms with Gasteiger partial charge in [0.05, 0.1) is 0 Å². The van der Waals surface area contributed by atoms with E-state index in [1.54, 1.807) is 0 Å². The van der Waals surface area contributed by atoms with Crippen LogP contribution < -0.4 is 10.2 Å². The van der Waals surface area contributed by atoms with Gasteiger partial charge in [-0.25, -0.2) is 0 Å². The first-order chi connectivity index (χ1) is 9.16. The van der Waals surface area contributed by atoms with Crippen LogP contribution in [0.4, 0.5) is 5.69 Å². The van der Waals surface area contributed by atoms with Crippen molar-refractivity contribution in [2.24, 2.45) is 0 Å². The molecular formula is C16H26N2S. The maximum absolute atomic E-state index is 3.43. The monoisotopic (exact) mass is 278 g/mol. The van der Waals surface area contributed by atoms with Crippen LogP contribution in [-0.2, 0) is 0 Å². The number of piperidine rings is 1. The highest BCUT2D eigenvalue weighted by Gasteiger charge is 2.13. The summed E-state index contributed by atoms with van der Waals surface area (Å²) >= 11 is 2.15. The molecule has 2 nitrogen and oxygen atoms in total. The predicted octanol–water partition coefficient (Wildman–Crippen LogP) is 3.22. The van der Waals surface area contributed by atoms with Crippen LogP contribution in [0.25, 0.3) is 0 Å². The number of benzene rings is 1. The summed E-state index contributed by atoms with van der Waals surface area (Å²) in [5, 5.41) is 4.30. The fourth-order valence-corrected chi connectivity index (χ4v) is 3.95. The second-order valence-corrected chi connectivity index (χ2v) is 6.94. The number of thioether (sulfide) groups is 1. The smallest absolute Gasteiger partial charge is 0.0393 e. The summed E-state index contributed by atoms with van der Waals surface area (Å²) in [6, 6.07) is 6.73. The lowest BCUT2D eigenvalue weighted by Crippen LogP contribution is -2.30. The SMILES string of the molecule is Cc1ccc(N(C)CCSC2CCNCC2)c(C)c1. The average Bonchev–Trinajstić information content (AvgIpc) is 2.39. The zero-order valence-electron chi connectivity index (χ0n) is 12.4. The molecule has 3 heteroatoms. The molecule has 0 bridgehead atoms. The second-order valence-electron chi connectivity index (χ2n) is 5.53. The van der Waals surface area contributed by atoms with E-state index in [-0.39, 0.29) is 0 Å². The van der Waals surface area contributed by atoms with Crippen LogP contribution in [0.2, 0.25) is 0 Å². The van der Waals surface area contributed by atoms with Gasteiger partial charge in [0.25, 0.3) is 0 Å². The van der Waals surface area contributed by atoms with E-state index in [4.69, 9.17) is 0 Å². The molecule has 1 N–H and O–H groups in total. The van der Waals surface area contributed by atoms with Gasteiger partial charge in [0.15, 0.2) is 0 Å². The van der Waals surface area contributed by atoms with Crippen LogP contribution >= 0.6 is 11.8 Å². The van der Waals surface area contributed by atoms with Crippen molar-refractivity contribution in [3.8, 4) is 0 Å². The lowest BCUT2D eigenvalue weighted by Gasteiger charge is -2.25. The number of nitrogens with zero attached hydrogens (tertiary/aromatic N) is 1. The molecule has 0 aromatic heterocycles. The Morgan fingerprint density at radius 1 is 1.26 bits per heavy atom. The van der Waals surface area contributed by atoms with Crippen LogP contribution in [0, 0.1) is 13.8 Å². The first-order valence-electron chi connectivity index (χ1n) is 7.27. The van der Waals surface area contributed by atoms with Crippen LogP contribution in [0.1, 0.15) is 24.0 Å². The molecule has 0 amide bonds. The largest absolute Gasteiger partial charge is 0.374 e. The Morgan fingerprint density at radius 2 is 2.00 bits per heavy atom. The van der Waals surface area contributed by atoms with Crippen LogP contribution in [-0.4, -0.2) is 37.7 Å². The summed E-state index contributed by atoms with van der Waals surface area (Å²) in [5.74, 6) is 1.23. The number of hydrogen-bond donors (Lipinski definition) is 1. The first-order valence-corrected chi connectivity index (χ1v) is 8.32. The quantitative estimate of drug-likeness (QED) is 0.890. The summed E-state index contributed by atoms with van der Waals surface area (Å²) in [7, 11) is 2.21. The molecule has 0 unspecified atom stereocenters. The highest BCUT2D eigenvalue weighted by Crippen LogP contribution is 2.23. The lowest BCUT2D eigenvalue weighted by molar-refractivity contribution is 0.531. The first kappa shape index (κ1) is 14.7. The molecule has 0 aliphatic carbocycles. The van der Waals surface area contributed by atoms with E-state index in [1.165, 1.54) is 48.5 Å². The summed E-state index contributed by atoms with van der Waals surface area (Å²) in [6.07, 6.45) is 2.66. The van der Waals surface area contributed by atoms with Gasteiger partial charge in [-0.1, -0.05) is 17.7 Å². The lowest BCUT2D eigenvalue weighted by atomic mass is 10.1. The maximum Gasteiger partial charge on any atom is 0.0393 e. The topological polar surface area (TPSA) is 15.3 Å².